The van der Waals surface area contributed by atoms with Gasteiger partial charge < -0.3 is 25.3 Å². The number of nitrogens with two attached hydrogens (primary N) is 1. The van der Waals surface area contributed by atoms with Crippen LogP contribution in [0.25, 0.3) is 22.2 Å². The third-order valence-corrected chi connectivity index (χ3v) is 8.23. The molecule has 0 saturated carbocycles. The van der Waals surface area contributed by atoms with E-state index in [0.717, 1.165) is 60.8 Å². The highest BCUT2D eigenvalue weighted by Crippen LogP contribution is 2.32. The number of hydrogen-bond acceptors (Lipinski definition) is 3. The molecule has 4 rings (SSSR count). The predicted molar refractivity (Wildman–Crippen MR) is 151 cm³/mol. The number of likely N-dealkylation sites (tertiary alicyclic amines) is 1. The number of hydrogen-bond donors (Lipinski definition) is 3. The number of Topliss-reactive ketones (excluding diaryl/α,β-unsaturated/α-hetero) is 1. The van der Waals surface area contributed by atoms with Crippen LogP contribution in [0.3, 0.4) is 0 Å². The number of primary amides is 1. The van der Waals surface area contributed by atoms with Gasteiger partial charge in [0, 0.05) is 48.8 Å². The summed E-state index contributed by atoms with van der Waals surface area (Å²) in [6, 6.07) is 17.8. The molecule has 1 aliphatic rings. The first-order chi connectivity index (χ1) is 18.3. The molecule has 0 radical (unpaired) electrons. The zero-order valence-electron chi connectivity index (χ0n) is 22.7. The first-order valence-electron chi connectivity index (χ1n) is 13.9. The van der Waals surface area contributed by atoms with Gasteiger partial charge in [-0.05, 0) is 43.4 Å². The van der Waals surface area contributed by atoms with E-state index in [-0.39, 0.29) is 29.7 Å². The molecule has 0 aliphatic carbocycles. The highest BCUT2D eigenvalue weighted by molar-refractivity contribution is 5.91. The van der Waals surface area contributed by atoms with Crippen LogP contribution in [0.5, 0.6) is 0 Å². The van der Waals surface area contributed by atoms with E-state index >= 15 is 0 Å². The van der Waals surface area contributed by atoms with Gasteiger partial charge in [-0.1, -0.05) is 55.0 Å². The van der Waals surface area contributed by atoms with Crippen molar-refractivity contribution in [1.29, 1.82) is 0 Å². The van der Waals surface area contributed by atoms with Gasteiger partial charge in [-0.25, -0.2) is 0 Å². The Hall–Kier alpha value is -3.45. The average Bonchev–Trinajstić information content (AvgIpc) is 3.48. The van der Waals surface area contributed by atoms with Crippen LogP contribution in [-0.4, -0.2) is 59.3 Å². The van der Waals surface area contributed by atoms with E-state index in [1.54, 1.807) is 6.92 Å². The summed E-state index contributed by atoms with van der Waals surface area (Å²) in [5.41, 5.74) is 10.2. The summed E-state index contributed by atoms with van der Waals surface area (Å²) in [4.78, 5) is 40.9. The van der Waals surface area contributed by atoms with Crippen LogP contribution in [0.15, 0.2) is 54.6 Å². The largest absolute Gasteiger partial charge is 0.365 e. The number of carbonyl (C=O) groups excluding carboxylic acids is 3. The van der Waals surface area contributed by atoms with E-state index in [2.05, 4.69) is 34.6 Å². The highest BCUT2D eigenvalue weighted by Gasteiger charge is 2.49. The number of nitrogens with one attached hydrogen (secondary N) is 2. The standard InChI is InChI=1S/C31H40N4O3/c1-22(36)12-5-3-8-17-28(35(2)21-11-18-27(35)30(32)37)31(38)33-20-19-25-24-15-9-10-16-26(24)34-29(25)23-13-6-4-7-14-23/h4,6-7,9-10,13-16,27-28,34H,3,5,8,11-12,17-21H2,1-2H3,(H2-,32,33,37,38)/p+1/t27-,28+,35?/m1/s1. The molecule has 1 fully saturated rings. The second-order valence-corrected chi connectivity index (χ2v) is 10.9. The Balaban J connectivity index is 1.49. The van der Waals surface area contributed by atoms with E-state index in [1.807, 2.05) is 37.4 Å². The number of amides is 2. The number of carbonyl (C=O) groups is 3. The van der Waals surface area contributed by atoms with Crippen LogP contribution in [0, 0.1) is 0 Å². The molecule has 38 heavy (non-hydrogen) atoms. The second kappa shape index (κ2) is 12.4. The molecule has 0 spiro atoms. The maximum absolute atomic E-state index is 13.7. The van der Waals surface area contributed by atoms with Crippen molar-refractivity contribution in [2.24, 2.45) is 5.73 Å². The van der Waals surface area contributed by atoms with Gasteiger partial charge in [-0.2, -0.15) is 0 Å². The van der Waals surface area contributed by atoms with Crippen molar-refractivity contribution in [3.63, 3.8) is 0 Å². The van der Waals surface area contributed by atoms with Gasteiger partial charge in [-0.3, -0.25) is 9.59 Å². The van der Waals surface area contributed by atoms with Crippen molar-refractivity contribution in [1.82, 2.24) is 10.3 Å². The molecule has 3 atom stereocenters. The lowest BCUT2D eigenvalue weighted by Crippen LogP contribution is -2.64. The van der Waals surface area contributed by atoms with Crippen molar-refractivity contribution in [3.05, 3.63) is 60.2 Å². The number of quaternary nitrogens is 1. The van der Waals surface area contributed by atoms with E-state index < -0.39 is 0 Å². The van der Waals surface area contributed by atoms with Crippen molar-refractivity contribution in [3.8, 4) is 11.3 Å². The lowest BCUT2D eigenvalue weighted by Gasteiger charge is -2.41. The summed E-state index contributed by atoms with van der Waals surface area (Å²) in [6.07, 6.45) is 6.09. The van der Waals surface area contributed by atoms with E-state index in [1.165, 1.54) is 5.56 Å². The Morgan fingerprint density at radius 1 is 1.05 bits per heavy atom. The predicted octanol–water partition coefficient (Wildman–Crippen LogP) is 4.50. The van der Waals surface area contributed by atoms with Crippen molar-refractivity contribution in [2.75, 3.05) is 20.1 Å². The number of likely N-dealkylation sites (N-methyl/N-ethyl adjacent to an activating group) is 1. The maximum atomic E-state index is 13.7. The normalized spacial score (nSPS) is 19.9. The Labute approximate surface area is 225 Å². The van der Waals surface area contributed by atoms with Gasteiger partial charge >= 0.3 is 0 Å². The average molecular weight is 518 g/mol. The van der Waals surface area contributed by atoms with Gasteiger partial charge in [0.15, 0.2) is 12.1 Å². The third-order valence-electron chi connectivity index (χ3n) is 8.23. The minimum Gasteiger partial charge on any atom is -0.365 e. The zero-order valence-corrected chi connectivity index (χ0v) is 22.7. The molecule has 1 unspecified atom stereocenters. The SMILES string of the molecule is CC(=O)CCCCC[C@@H](C(=O)NCCc1c(-c2ccccc2)[nH]c2ccccc12)[N+]1(C)CCC[C@@H]1C(N)=O. The van der Waals surface area contributed by atoms with Crippen LogP contribution in [-0.2, 0) is 20.8 Å². The number of H-pyrrole nitrogens is 1. The quantitative estimate of drug-likeness (QED) is 0.230. The molecule has 4 N–H and O–H groups in total. The molecule has 1 saturated heterocycles. The Bertz CT molecular complexity index is 1270. The van der Waals surface area contributed by atoms with Gasteiger partial charge in [0.1, 0.15) is 5.78 Å². The molecular formula is C31H41N4O3+. The van der Waals surface area contributed by atoms with Crippen LogP contribution in [0.1, 0.15) is 57.4 Å². The number of fused-ring (bicyclic) bond motifs is 1. The van der Waals surface area contributed by atoms with Crippen LogP contribution < -0.4 is 11.1 Å². The number of nitrogens with zero attached hydrogens (tertiary/aromatic N) is 1. The number of unbranched alkanes of at least 4 members (excludes halogenated alkanes) is 2. The molecule has 2 aromatic carbocycles. The zero-order chi connectivity index (χ0) is 27.1. The minimum atomic E-state index is -0.346. The Kier molecular flexibility index (Phi) is 9.00. The monoisotopic (exact) mass is 517 g/mol. The summed E-state index contributed by atoms with van der Waals surface area (Å²) < 4.78 is 0.371. The van der Waals surface area contributed by atoms with Crippen molar-refractivity contribution >= 4 is 28.5 Å². The molecule has 3 aromatic rings. The summed E-state index contributed by atoms with van der Waals surface area (Å²) >= 11 is 0. The molecule has 7 heteroatoms. The first-order valence-corrected chi connectivity index (χ1v) is 13.9. The molecule has 0 bridgehead atoms. The Morgan fingerprint density at radius 2 is 1.79 bits per heavy atom. The second-order valence-electron chi connectivity index (χ2n) is 10.9. The van der Waals surface area contributed by atoms with Crippen molar-refractivity contribution < 1.29 is 18.9 Å². The van der Waals surface area contributed by atoms with Crippen LogP contribution in [0.2, 0.25) is 0 Å². The smallest absolute Gasteiger partial charge is 0.278 e. The number of aromatic nitrogens is 1. The molecule has 7 nitrogen and oxygen atoms in total. The number of para-hydroxylation sites is 1. The maximum Gasteiger partial charge on any atom is 0.278 e. The topological polar surface area (TPSA) is 105 Å². The summed E-state index contributed by atoms with van der Waals surface area (Å²) in [5.74, 6) is -0.155. The molecule has 1 aromatic heterocycles. The number of rotatable bonds is 13. The number of aromatic amines is 1. The fraction of sp³-hybridized carbons (Fsp3) is 0.452. The number of benzene rings is 2. The third kappa shape index (κ3) is 6.16. The van der Waals surface area contributed by atoms with Crippen LogP contribution in [0.4, 0.5) is 0 Å². The minimum absolute atomic E-state index is 0.0201. The van der Waals surface area contributed by atoms with Gasteiger partial charge in [0.2, 0.25) is 0 Å². The van der Waals surface area contributed by atoms with Gasteiger partial charge in [-0.15, -0.1) is 0 Å². The molecule has 1 aliphatic heterocycles. The number of ketones is 1. The van der Waals surface area contributed by atoms with Crippen LogP contribution >= 0.6 is 0 Å². The highest BCUT2D eigenvalue weighted by atomic mass is 16.2. The molecule has 2 amide bonds. The summed E-state index contributed by atoms with van der Waals surface area (Å²) in [7, 11) is 2.01. The fourth-order valence-corrected chi connectivity index (χ4v) is 6.20. The molecular weight excluding hydrogens is 476 g/mol. The van der Waals surface area contributed by atoms with E-state index in [4.69, 9.17) is 5.73 Å². The Morgan fingerprint density at radius 3 is 2.53 bits per heavy atom. The first kappa shape index (κ1) is 27.6. The van der Waals surface area contributed by atoms with E-state index in [9.17, 15) is 14.4 Å². The lowest BCUT2D eigenvalue weighted by molar-refractivity contribution is -0.927. The van der Waals surface area contributed by atoms with Gasteiger partial charge in [0.05, 0.1) is 13.6 Å². The van der Waals surface area contributed by atoms with Gasteiger partial charge in [0.25, 0.3) is 11.8 Å². The summed E-state index contributed by atoms with van der Waals surface area (Å²) in [5, 5.41) is 4.37. The molecule has 2 heterocycles. The van der Waals surface area contributed by atoms with E-state index in [0.29, 0.717) is 30.3 Å². The summed E-state index contributed by atoms with van der Waals surface area (Å²) in [6.45, 7) is 2.88. The lowest BCUT2D eigenvalue weighted by atomic mass is 10.00. The van der Waals surface area contributed by atoms with Crippen molar-refractivity contribution in [2.45, 2.75) is 70.4 Å². The molecule has 202 valence electrons. The fourth-order valence-electron chi connectivity index (χ4n) is 6.20.